The van der Waals surface area contributed by atoms with Crippen LogP contribution < -0.4 is 5.32 Å². The molecule has 0 amide bonds. The molecule has 0 radical (unpaired) electrons. The summed E-state index contributed by atoms with van der Waals surface area (Å²) in [6.45, 7) is 3.19. The van der Waals surface area contributed by atoms with Crippen LogP contribution in [-0.2, 0) is 11.2 Å². The summed E-state index contributed by atoms with van der Waals surface area (Å²) in [4.78, 5) is 0. The lowest BCUT2D eigenvalue weighted by molar-refractivity contribution is -0.0833. The van der Waals surface area contributed by atoms with Gasteiger partial charge in [-0.25, -0.2) is 0 Å². The third kappa shape index (κ3) is 4.04. The Morgan fingerprint density at radius 2 is 2.21 bits per heavy atom. The predicted octanol–water partition coefficient (Wildman–Crippen LogP) is 3.93. The molecular weight excluding hydrogens is 302 g/mol. The van der Waals surface area contributed by atoms with Crippen LogP contribution in [0.4, 0.5) is 0 Å². The molecular formula is C16H24BrNO. The first kappa shape index (κ1) is 15.0. The van der Waals surface area contributed by atoms with E-state index in [0.29, 0.717) is 6.04 Å². The molecule has 1 aliphatic carbocycles. The Labute approximate surface area is 125 Å². The zero-order valence-corrected chi connectivity index (χ0v) is 13.5. The monoisotopic (exact) mass is 325 g/mol. The number of likely N-dealkylation sites (N-methyl/N-ethyl adjacent to an activating group) is 1. The van der Waals surface area contributed by atoms with Crippen molar-refractivity contribution in [3.8, 4) is 0 Å². The third-order valence-corrected chi connectivity index (χ3v) is 4.67. The molecule has 0 aliphatic heterocycles. The van der Waals surface area contributed by atoms with Gasteiger partial charge in [-0.05, 0) is 56.3 Å². The van der Waals surface area contributed by atoms with Crippen LogP contribution in [-0.4, -0.2) is 25.3 Å². The highest BCUT2D eigenvalue weighted by Crippen LogP contribution is 2.39. The van der Waals surface area contributed by atoms with Crippen LogP contribution in [0, 0.1) is 0 Å². The van der Waals surface area contributed by atoms with Crippen molar-refractivity contribution in [1.29, 1.82) is 0 Å². The molecule has 0 saturated heterocycles. The molecule has 0 heterocycles. The average molecular weight is 326 g/mol. The van der Waals surface area contributed by atoms with Crippen LogP contribution in [0.5, 0.6) is 0 Å². The van der Waals surface area contributed by atoms with E-state index in [0.717, 1.165) is 23.9 Å². The fraction of sp³-hybridized carbons (Fsp3) is 0.625. The summed E-state index contributed by atoms with van der Waals surface area (Å²) in [5, 5.41) is 3.61. The Morgan fingerprint density at radius 3 is 2.74 bits per heavy atom. The maximum atomic E-state index is 5.76. The lowest BCUT2D eigenvalue weighted by Gasteiger charge is -2.43. The molecule has 1 aromatic carbocycles. The van der Waals surface area contributed by atoms with Crippen LogP contribution in [0.3, 0.4) is 0 Å². The smallest absolute Gasteiger partial charge is 0.0693 e. The topological polar surface area (TPSA) is 21.3 Å². The van der Waals surface area contributed by atoms with Gasteiger partial charge in [-0.1, -0.05) is 35.0 Å². The Balaban J connectivity index is 1.99. The fourth-order valence-electron chi connectivity index (χ4n) is 2.97. The number of benzene rings is 1. The number of hydrogen-bond acceptors (Lipinski definition) is 2. The van der Waals surface area contributed by atoms with Gasteiger partial charge >= 0.3 is 0 Å². The molecule has 1 fully saturated rings. The van der Waals surface area contributed by atoms with E-state index in [4.69, 9.17) is 4.74 Å². The van der Waals surface area contributed by atoms with Gasteiger partial charge in [-0.3, -0.25) is 0 Å². The molecule has 19 heavy (non-hydrogen) atoms. The Kier molecular flexibility index (Phi) is 5.43. The van der Waals surface area contributed by atoms with E-state index in [1.54, 1.807) is 0 Å². The summed E-state index contributed by atoms with van der Waals surface area (Å²) >= 11 is 3.55. The van der Waals surface area contributed by atoms with Crippen LogP contribution in [0.15, 0.2) is 28.7 Å². The van der Waals surface area contributed by atoms with Gasteiger partial charge < -0.3 is 10.1 Å². The number of rotatable bonds is 7. The molecule has 1 unspecified atom stereocenters. The van der Waals surface area contributed by atoms with E-state index in [1.165, 1.54) is 24.8 Å². The Bertz CT molecular complexity index is 398. The number of hydrogen-bond donors (Lipinski definition) is 1. The zero-order valence-electron chi connectivity index (χ0n) is 11.9. The van der Waals surface area contributed by atoms with Crippen molar-refractivity contribution in [2.75, 3.05) is 13.7 Å². The number of halogens is 1. The minimum Gasteiger partial charge on any atom is -0.378 e. The van der Waals surface area contributed by atoms with Crippen LogP contribution >= 0.6 is 15.9 Å². The number of nitrogens with one attached hydrogen (secondary N) is 1. The van der Waals surface area contributed by atoms with Crippen LogP contribution in [0.2, 0.25) is 0 Å². The van der Waals surface area contributed by atoms with E-state index in [2.05, 4.69) is 52.4 Å². The molecule has 0 bridgehead atoms. The van der Waals surface area contributed by atoms with Crippen molar-refractivity contribution in [3.05, 3.63) is 34.3 Å². The lowest BCUT2D eigenvalue weighted by Crippen LogP contribution is -2.46. The van der Waals surface area contributed by atoms with Crippen molar-refractivity contribution in [1.82, 2.24) is 5.32 Å². The standard InChI is InChI=1S/C16H24BrNO/c1-3-18-15(12-16(19-2)8-5-9-16)11-13-6-4-7-14(17)10-13/h4,6-7,10,15,18H,3,5,8-9,11-12H2,1-2H3. The minimum atomic E-state index is 0.138. The van der Waals surface area contributed by atoms with Gasteiger partial charge in [0.05, 0.1) is 5.60 Å². The average Bonchev–Trinajstić information content (AvgIpc) is 2.34. The summed E-state index contributed by atoms with van der Waals surface area (Å²) in [6.07, 6.45) is 5.92. The summed E-state index contributed by atoms with van der Waals surface area (Å²) in [5.74, 6) is 0. The maximum Gasteiger partial charge on any atom is 0.0693 e. The second-order valence-corrected chi connectivity index (χ2v) is 6.45. The highest BCUT2D eigenvalue weighted by atomic mass is 79.9. The van der Waals surface area contributed by atoms with Gasteiger partial charge in [-0.15, -0.1) is 0 Å². The summed E-state index contributed by atoms with van der Waals surface area (Å²) in [5.41, 5.74) is 1.52. The highest BCUT2D eigenvalue weighted by molar-refractivity contribution is 9.10. The highest BCUT2D eigenvalue weighted by Gasteiger charge is 2.38. The van der Waals surface area contributed by atoms with Crippen LogP contribution in [0.25, 0.3) is 0 Å². The summed E-state index contributed by atoms with van der Waals surface area (Å²) in [7, 11) is 1.86. The number of methoxy groups -OCH3 is 1. The third-order valence-electron chi connectivity index (χ3n) is 4.18. The molecule has 2 nitrogen and oxygen atoms in total. The van der Waals surface area contributed by atoms with E-state index in [-0.39, 0.29) is 5.60 Å². The zero-order chi connectivity index (χ0) is 13.7. The minimum absolute atomic E-state index is 0.138. The first-order valence-electron chi connectivity index (χ1n) is 7.20. The normalized spacial score (nSPS) is 18.9. The molecule has 1 aromatic rings. The van der Waals surface area contributed by atoms with Gasteiger partial charge in [0.15, 0.2) is 0 Å². The first-order chi connectivity index (χ1) is 9.17. The van der Waals surface area contributed by atoms with Crippen molar-refractivity contribution in [3.63, 3.8) is 0 Å². The second kappa shape index (κ2) is 6.87. The molecule has 3 heteroatoms. The van der Waals surface area contributed by atoms with Crippen molar-refractivity contribution >= 4 is 15.9 Å². The van der Waals surface area contributed by atoms with E-state index < -0.39 is 0 Å². The van der Waals surface area contributed by atoms with Gasteiger partial charge in [0.2, 0.25) is 0 Å². The number of ether oxygens (including phenoxy) is 1. The summed E-state index contributed by atoms with van der Waals surface area (Å²) in [6, 6.07) is 9.10. The molecule has 1 N–H and O–H groups in total. The molecule has 0 spiro atoms. The molecule has 1 atom stereocenters. The molecule has 2 rings (SSSR count). The molecule has 1 saturated carbocycles. The van der Waals surface area contributed by atoms with Crippen molar-refractivity contribution in [2.45, 2.75) is 50.7 Å². The van der Waals surface area contributed by atoms with E-state index in [1.807, 2.05) is 7.11 Å². The molecule has 106 valence electrons. The molecule has 0 aromatic heterocycles. The first-order valence-corrected chi connectivity index (χ1v) is 8.00. The van der Waals surface area contributed by atoms with Crippen LogP contribution in [0.1, 0.15) is 38.2 Å². The summed E-state index contributed by atoms with van der Waals surface area (Å²) < 4.78 is 6.92. The van der Waals surface area contributed by atoms with Crippen molar-refractivity contribution < 1.29 is 4.74 Å². The fourth-order valence-corrected chi connectivity index (χ4v) is 3.41. The molecule has 1 aliphatic rings. The van der Waals surface area contributed by atoms with Gasteiger partial charge in [0.25, 0.3) is 0 Å². The maximum absolute atomic E-state index is 5.76. The Hall–Kier alpha value is -0.380. The van der Waals surface area contributed by atoms with E-state index >= 15 is 0 Å². The van der Waals surface area contributed by atoms with Crippen molar-refractivity contribution in [2.24, 2.45) is 0 Å². The van der Waals surface area contributed by atoms with E-state index in [9.17, 15) is 0 Å². The van der Waals surface area contributed by atoms with Gasteiger partial charge in [0, 0.05) is 17.6 Å². The van der Waals surface area contributed by atoms with Gasteiger partial charge in [-0.2, -0.15) is 0 Å². The Morgan fingerprint density at radius 1 is 1.42 bits per heavy atom. The second-order valence-electron chi connectivity index (χ2n) is 5.53. The largest absolute Gasteiger partial charge is 0.378 e. The quantitative estimate of drug-likeness (QED) is 0.820. The van der Waals surface area contributed by atoms with Gasteiger partial charge in [0.1, 0.15) is 0 Å². The lowest BCUT2D eigenvalue weighted by atomic mass is 9.75. The SMILES string of the molecule is CCNC(Cc1cccc(Br)c1)CC1(OC)CCC1. The predicted molar refractivity (Wildman–Crippen MR) is 83.5 cm³/mol.